The molecule has 1 aliphatic rings. The molecule has 1 aromatic heterocycles. The van der Waals surface area contributed by atoms with E-state index in [1.165, 1.54) is 18.2 Å². The summed E-state index contributed by atoms with van der Waals surface area (Å²) in [6, 6.07) is 7.73. The summed E-state index contributed by atoms with van der Waals surface area (Å²) in [6.45, 7) is 0.961. The average molecular weight is 336 g/mol. The van der Waals surface area contributed by atoms with Crippen molar-refractivity contribution in [1.82, 2.24) is 15.1 Å². The van der Waals surface area contributed by atoms with E-state index in [9.17, 15) is 9.18 Å². The molecule has 2 aromatic rings. The van der Waals surface area contributed by atoms with Crippen LogP contribution in [0.15, 0.2) is 36.5 Å². The van der Waals surface area contributed by atoms with Gasteiger partial charge in [0.15, 0.2) is 0 Å². The van der Waals surface area contributed by atoms with Crippen LogP contribution in [0.1, 0.15) is 23.2 Å². The van der Waals surface area contributed by atoms with Crippen molar-refractivity contribution in [2.45, 2.75) is 18.9 Å². The Morgan fingerprint density at radius 1 is 1.26 bits per heavy atom. The zero-order valence-electron chi connectivity index (χ0n) is 12.3. The third kappa shape index (κ3) is 3.59. The van der Waals surface area contributed by atoms with Crippen LogP contribution in [0.2, 0.25) is 5.02 Å². The van der Waals surface area contributed by atoms with Crippen molar-refractivity contribution >= 4 is 17.5 Å². The molecule has 0 spiro atoms. The van der Waals surface area contributed by atoms with E-state index in [0.717, 1.165) is 0 Å². The van der Waals surface area contributed by atoms with Crippen LogP contribution in [-0.4, -0.2) is 40.2 Å². The van der Waals surface area contributed by atoms with Crippen LogP contribution in [0.3, 0.4) is 0 Å². The highest BCUT2D eigenvalue weighted by Crippen LogP contribution is 2.23. The van der Waals surface area contributed by atoms with Gasteiger partial charge in [0, 0.05) is 38.2 Å². The van der Waals surface area contributed by atoms with Crippen LogP contribution < -0.4 is 4.74 Å². The van der Waals surface area contributed by atoms with Crippen LogP contribution in [0.5, 0.6) is 5.88 Å². The van der Waals surface area contributed by atoms with Crippen molar-refractivity contribution in [3.8, 4) is 5.88 Å². The van der Waals surface area contributed by atoms with Crippen molar-refractivity contribution in [1.29, 1.82) is 0 Å². The summed E-state index contributed by atoms with van der Waals surface area (Å²) in [5.41, 5.74) is -0.0672. The van der Waals surface area contributed by atoms with Gasteiger partial charge in [-0.05, 0) is 18.2 Å². The highest BCUT2D eigenvalue weighted by Gasteiger charge is 2.27. The fourth-order valence-electron chi connectivity index (χ4n) is 2.56. The van der Waals surface area contributed by atoms with Crippen molar-refractivity contribution in [3.05, 3.63) is 52.9 Å². The number of nitrogens with zero attached hydrogens (tertiary/aromatic N) is 3. The Morgan fingerprint density at radius 3 is 2.70 bits per heavy atom. The number of piperidine rings is 1. The summed E-state index contributed by atoms with van der Waals surface area (Å²) in [6.07, 6.45) is 2.83. The molecule has 0 saturated carbocycles. The molecule has 1 aromatic carbocycles. The van der Waals surface area contributed by atoms with Gasteiger partial charge in [0.25, 0.3) is 5.91 Å². The van der Waals surface area contributed by atoms with Gasteiger partial charge in [-0.25, -0.2) is 4.39 Å². The number of likely N-dealkylation sites (tertiary alicyclic amines) is 1. The Kier molecular flexibility index (Phi) is 4.71. The molecule has 1 fully saturated rings. The van der Waals surface area contributed by atoms with Gasteiger partial charge in [0.05, 0.1) is 10.6 Å². The lowest BCUT2D eigenvalue weighted by molar-refractivity contribution is 0.0582. The van der Waals surface area contributed by atoms with Crippen LogP contribution in [0.25, 0.3) is 0 Å². The number of ether oxygens (including phenoxy) is 1. The Balaban J connectivity index is 1.62. The molecular weight excluding hydrogens is 321 g/mol. The van der Waals surface area contributed by atoms with Gasteiger partial charge in [-0.3, -0.25) is 4.79 Å². The molecule has 0 N–H and O–H groups in total. The normalized spacial score (nSPS) is 15.5. The SMILES string of the molecule is O=C(c1c(F)cccc1Cl)N1CCC(Oc2cccnn2)CC1. The molecule has 1 saturated heterocycles. The quantitative estimate of drug-likeness (QED) is 0.865. The molecule has 1 aliphatic heterocycles. The highest BCUT2D eigenvalue weighted by atomic mass is 35.5. The summed E-state index contributed by atoms with van der Waals surface area (Å²) in [5, 5.41) is 7.77. The first-order valence-electron chi connectivity index (χ1n) is 7.33. The Hall–Kier alpha value is -2.21. The van der Waals surface area contributed by atoms with Crippen LogP contribution >= 0.6 is 11.6 Å². The van der Waals surface area contributed by atoms with E-state index >= 15 is 0 Å². The predicted molar refractivity (Wildman–Crippen MR) is 83.0 cm³/mol. The van der Waals surface area contributed by atoms with Gasteiger partial charge in [0.2, 0.25) is 5.88 Å². The fourth-order valence-corrected chi connectivity index (χ4v) is 2.80. The number of hydrogen-bond donors (Lipinski definition) is 0. The Morgan fingerprint density at radius 2 is 2.04 bits per heavy atom. The fraction of sp³-hybridized carbons (Fsp3) is 0.312. The second-order valence-electron chi connectivity index (χ2n) is 5.27. The molecule has 0 aliphatic carbocycles. The van der Waals surface area contributed by atoms with E-state index in [4.69, 9.17) is 16.3 Å². The van der Waals surface area contributed by atoms with Gasteiger partial charge in [0.1, 0.15) is 11.9 Å². The molecule has 23 heavy (non-hydrogen) atoms. The highest BCUT2D eigenvalue weighted by molar-refractivity contribution is 6.33. The van der Waals surface area contributed by atoms with E-state index in [0.29, 0.717) is 31.8 Å². The second-order valence-corrected chi connectivity index (χ2v) is 5.68. The molecule has 0 bridgehead atoms. The zero-order chi connectivity index (χ0) is 16.2. The molecule has 2 heterocycles. The molecular formula is C16H15ClFN3O2. The van der Waals surface area contributed by atoms with Crippen molar-refractivity contribution < 1.29 is 13.9 Å². The first-order valence-corrected chi connectivity index (χ1v) is 7.70. The molecule has 5 nitrogen and oxygen atoms in total. The Labute approximate surface area is 138 Å². The van der Waals surface area contributed by atoms with Crippen LogP contribution in [-0.2, 0) is 0 Å². The number of rotatable bonds is 3. The molecule has 120 valence electrons. The monoisotopic (exact) mass is 335 g/mol. The molecule has 0 unspecified atom stereocenters. The minimum absolute atomic E-state index is 0.0353. The third-order valence-electron chi connectivity index (χ3n) is 3.74. The van der Waals surface area contributed by atoms with Gasteiger partial charge < -0.3 is 9.64 Å². The summed E-state index contributed by atoms with van der Waals surface area (Å²) in [5.74, 6) is -0.513. The number of carbonyl (C=O) groups is 1. The molecule has 0 radical (unpaired) electrons. The van der Waals surface area contributed by atoms with Gasteiger partial charge in [-0.2, -0.15) is 5.10 Å². The second kappa shape index (κ2) is 6.91. The Bertz CT molecular complexity index is 671. The number of amides is 1. The number of carbonyl (C=O) groups excluding carboxylic acids is 1. The molecule has 0 atom stereocenters. The van der Waals surface area contributed by atoms with Crippen molar-refractivity contribution in [2.75, 3.05) is 13.1 Å². The van der Waals surface area contributed by atoms with Crippen molar-refractivity contribution in [2.24, 2.45) is 0 Å². The number of halogens is 2. The van der Waals surface area contributed by atoms with E-state index in [2.05, 4.69) is 10.2 Å². The summed E-state index contributed by atoms with van der Waals surface area (Å²) >= 11 is 5.95. The first-order chi connectivity index (χ1) is 11.1. The summed E-state index contributed by atoms with van der Waals surface area (Å²) < 4.78 is 19.6. The lowest BCUT2D eigenvalue weighted by Gasteiger charge is -2.32. The largest absolute Gasteiger partial charge is 0.473 e. The van der Waals surface area contributed by atoms with Crippen molar-refractivity contribution in [3.63, 3.8) is 0 Å². The van der Waals surface area contributed by atoms with Crippen LogP contribution in [0.4, 0.5) is 4.39 Å². The van der Waals surface area contributed by atoms with Gasteiger partial charge in [-0.1, -0.05) is 17.7 Å². The van der Waals surface area contributed by atoms with E-state index in [1.807, 2.05) is 0 Å². The first kappa shape index (κ1) is 15.7. The molecule has 7 heteroatoms. The maximum atomic E-state index is 13.8. The lowest BCUT2D eigenvalue weighted by Crippen LogP contribution is -2.42. The predicted octanol–water partition coefficient (Wildman–Crippen LogP) is 2.95. The van der Waals surface area contributed by atoms with E-state index in [-0.39, 0.29) is 22.6 Å². The minimum Gasteiger partial charge on any atom is -0.473 e. The maximum absolute atomic E-state index is 13.8. The van der Waals surface area contributed by atoms with E-state index < -0.39 is 5.82 Å². The summed E-state index contributed by atoms with van der Waals surface area (Å²) in [7, 11) is 0. The lowest BCUT2D eigenvalue weighted by atomic mass is 10.1. The smallest absolute Gasteiger partial charge is 0.258 e. The third-order valence-corrected chi connectivity index (χ3v) is 4.06. The van der Waals surface area contributed by atoms with Gasteiger partial charge >= 0.3 is 0 Å². The average Bonchev–Trinajstić information content (AvgIpc) is 2.56. The number of hydrogen-bond acceptors (Lipinski definition) is 4. The number of aromatic nitrogens is 2. The maximum Gasteiger partial charge on any atom is 0.258 e. The number of benzene rings is 1. The van der Waals surface area contributed by atoms with E-state index in [1.54, 1.807) is 23.2 Å². The molecule has 3 rings (SSSR count). The summed E-state index contributed by atoms with van der Waals surface area (Å²) in [4.78, 5) is 14.0. The topological polar surface area (TPSA) is 55.3 Å². The zero-order valence-corrected chi connectivity index (χ0v) is 13.0. The standard InChI is InChI=1S/C16H15ClFN3O2/c17-12-3-1-4-13(18)15(12)16(22)21-9-6-11(7-10-21)23-14-5-2-8-19-20-14/h1-5,8,11H,6-7,9-10H2. The van der Waals surface area contributed by atoms with Gasteiger partial charge in [-0.15, -0.1) is 5.10 Å². The minimum atomic E-state index is -0.597. The van der Waals surface area contributed by atoms with Crippen LogP contribution in [0, 0.1) is 5.82 Å². The molecule has 1 amide bonds.